The first-order valence-corrected chi connectivity index (χ1v) is 5.67. The minimum atomic E-state index is -0.194. The number of fused-ring (bicyclic) bond motifs is 1. The lowest BCUT2D eigenvalue weighted by atomic mass is 10.0. The van der Waals surface area contributed by atoms with Crippen molar-refractivity contribution in [3.8, 4) is 0 Å². The molecule has 2 aromatic rings. The molecule has 0 amide bonds. The summed E-state index contributed by atoms with van der Waals surface area (Å²) in [6.45, 7) is 0. The molecule has 2 N–H and O–H groups in total. The van der Waals surface area contributed by atoms with Crippen molar-refractivity contribution in [2.75, 3.05) is 0 Å². The van der Waals surface area contributed by atoms with Crippen LogP contribution < -0.4 is 5.73 Å². The van der Waals surface area contributed by atoms with Crippen molar-refractivity contribution < 1.29 is 4.39 Å². The number of halogens is 1. The molecular weight excluding hydrogens is 203 g/mol. The number of hydrogen-bond acceptors (Lipinski definition) is 1. The Kier molecular flexibility index (Phi) is 2.04. The maximum Gasteiger partial charge on any atom is 0.125 e. The Balaban J connectivity index is 2.17. The quantitative estimate of drug-likeness (QED) is 0.825. The minimum Gasteiger partial charge on any atom is -0.350 e. The molecule has 0 bridgehead atoms. The second-order valence-electron chi connectivity index (χ2n) is 4.72. The smallest absolute Gasteiger partial charge is 0.125 e. The van der Waals surface area contributed by atoms with E-state index in [1.807, 2.05) is 23.9 Å². The van der Waals surface area contributed by atoms with E-state index in [2.05, 4.69) is 0 Å². The van der Waals surface area contributed by atoms with Crippen LogP contribution in [0.15, 0.2) is 24.4 Å². The molecule has 1 aromatic heterocycles. The zero-order chi connectivity index (χ0) is 11.3. The van der Waals surface area contributed by atoms with Crippen molar-refractivity contribution in [3.63, 3.8) is 0 Å². The summed E-state index contributed by atoms with van der Waals surface area (Å²) in [5.41, 5.74) is 8.29. The Bertz CT molecular complexity index is 540. The van der Waals surface area contributed by atoms with E-state index in [0.29, 0.717) is 5.92 Å². The van der Waals surface area contributed by atoms with E-state index < -0.39 is 0 Å². The Morgan fingerprint density at radius 1 is 1.44 bits per heavy atom. The molecule has 0 saturated heterocycles. The van der Waals surface area contributed by atoms with Crippen LogP contribution >= 0.6 is 0 Å². The van der Waals surface area contributed by atoms with Crippen LogP contribution in [0.2, 0.25) is 0 Å². The molecule has 0 spiro atoms. The fraction of sp³-hybridized carbons (Fsp3) is 0.385. The van der Waals surface area contributed by atoms with E-state index in [-0.39, 0.29) is 11.9 Å². The van der Waals surface area contributed by atoms with E-state index >= 15 is 0 Å². The Hall–Kier alpha value is -1.35. The lowest BCUT2D eigenvalue weighted by Crippen LogP contribution is -2.11. The van der Waals surface area contributed by atoms with E-state index in [4.69, 9.17) is 5.73 Å². The monoisotopic (exact) mass is 218 g/mol. The molecule has 84 valence electrons. The highest BCUT2D eigenvalue weighted by Gasteiger charge is 2.31. The number of benzene rings is 1. The average Bonchev–Trinajstić information content (AvgIpc) is 3.05. The Morgan fingerprint density at radius 3 is 2.88 bits per heavy atom. The highest BCUT2D eigenvalue weighted by molar-refractivity contribution is 5.84. The van der Waals surface area contributed by atoms with Crippen molar-refractivity contribution in [2.24, 2.45) is 18.7 Å². The number of nitrogens with zero attached hydrogens (tertiary/aromatic N) is 1. The van der Waals surface area contributed by atoms with Crippen LogP contribution in [0.3, 0.4) is 0 Å². The molecule has 1 atom stereocenters. The molecule has 1 unspecified atom stereocenters. The van der Waals surface area contributed by atoms with Crippen LogP contribution in [-0.4, -0.2) is 4.57 Å². The summed E-state index contributed by atoms with van der Waals surface area (Å²) in [7, 11) is 1.94. The summed E-state index contributed by atoms with van der Waals surface area (Å²) >= 11 is 0. The summed E-state index contributed by atoms with van der Waals surface area (Å²) in [4.78, 5) is 0. The minimum absolute atomic E-state index is 0.106. The first kappa shape index (κ1) is 9.85. The van der Waals surface area contributed by atoms with Gasteiger partial charge in [0.1, 0.15) is 5.82 Å². The molecule has 1 aliphatic rings. The van der Waals surface area contributed by atoms with Gasteiger partial charge in [-0.2, -0.15) is 0 Å². The van der Waals surface area contributed by atoms with E-state index in [1.54, 1.807) is 6.07 Å². The maximum atomic E-state index is 13.2. The number of hydrogen-bond donors (Lipinski definition) is 1. The molecule has 1 aromatic carbocycles. The topological polar surface area (TPSA) is 30.9 Å². The number of rotatable bonds is 2. The van der Waals surface area contributed by atoms with Gasteiger partial charge >= 0.3 is 0 Å². The third-order valence-electron chi connectivity index (χ3n) is 3.47. The van der Waals surface area contributed by atoms with Gasteiger partial charge in [-0.25, -0.2) is 4.39 Å². The average molecular weight is 218 g/mol. The summed E-state index contributed by atoms with van der Waals surface area (Å²) in [6, 6.07) is 5.01. The predicted molar refractivity (Wildman–Crippen MR) is 62.5 cm³/mol. The molecule has 1 saturated carbocycles. The second kappa shape index (κ2) is 3.32. The molecule has 3 heteroatoms. The Labute approximate surface area is 93.9 Å². The highest BCUT2D eigenvalue weighted by atomic mass is 19.1. The predicted octanol–water partition coefficient (Wildman–Crippen LogP) is 2.73. The van der Waals surface area contributed by atoms with Gasteiger partial charge in [0.15, 0.2) is 0 Å². The first-order valence-electron chi connectivity index (χ1n) is 5.67. The van der Waals surface area contributed by atoms with Gasteiger partial charge in [-0.1, -0.05) is 0 Å². The molecule has 16 heavy (non-hydrogen) atoms. The van der Waals surface area contributed by atoms with E-state index in [0.717, 1.165) is 16.5 Å². The van der Waals surface area contributed by atoms with Crippen LogP contribution in [0.1, 0.15) is 24.4 Å². The summed E-state index contributed by atoms with van der Waals surface area (Å²) < 4.78 is 15.1. The first-order chi connectivity index (χ1) is 7.66. The summed E-state index contributed by atoms with van der Waals surface area (Å²) in [5, 5.41) is 1.09. The lowest BCUT2D eigenvalue weighted by molar-refractivity contribution is 0.628. The van der Waals surface area contributed by atoms with Crippen molar-refractivity contribution in [1.82, 2.24) is 4.57 Å². The van der Waals surface area contributed by atoms with Crippen LogP contribution in [0.4, 0.5) is 4.39 Å². The number of nitrogens with two attached hydrogens (primary N) is 1. The van der Waals surface area contributed by atoms with Gasteiger partial charge in [0.2, 0.25) is 0 Å². The zero-order valence-electron chi connectivity index (χ0n) is 9.28. The number of aromatic nitrogens is 1. The van der Waals surface area contributed by atoms with Crippen molar-refractivity contribution >= 4 is 10.9 Å². The van der Waals surface area contributed by atoms with Crippen molar-refractivity contribution in [2.45, 2.75) is 18.9 Å². The lowest BCUT2D eigenvalue weighted by Gasteiger charge is -2.08. The number of aryl methyl sites for hydroxylation is 1. The van der Waals surface area contributed by atoms with Gasteiger partial charge in [-0.15, -0.1) is 0 Å². The molecule has 0 radical (unpaired) electrons. The molecule has 1 fully saturated rings. The fourth-order valence-corrected chi connectivity index (χ4v) is 2.36. The van der Waals surface area contributed by atoms with Gasteiger partial charge in [0.25, 0.3) is 0 Å². The maximum absolute atomic E-state index is 13.2. The third kappa shape index (κ3) is 1.43. The van der Waals surface area contributed by atoms with Gasteiger partial charge in [-0.05, 0) is 42.5 Å². The second-order valence-corrected chi connectivity index (χ2v) is 4.72. The standard InChI is InChI=1S/C13H15FN2/c1-16-7-11(13(15)8-2-3-8)10-5-4-9(14)6-12(10)16/h4-8,13H,2-3,15H2,1H3. The third-order valence-corrected chi connectivity index (χ3v) is 3.47. The van der Waals surface area contributed by atoms with Crippen LogP contribution in [-0.2, 0) is 7.05 Å². The van der Waals surface area contributed by atoms with Crippen LogP contribution in [0, 0.1) is 11.7 Å². The zero-order valence-corrected chi connectivity index (χ0v) is 9.28. The highest BCUT2D eigenvalue weighted by Crippen LogP contribution is 2.41. The largest absolute Gasteiger partial charge is 0.350 e. The normalized spacial score (nSPS) is 17.9. The van der Waals surface area contributed by atoms with Crippen LogP contribution in [0.5, 0.6) is 0 Å². The molecule has 1 heterocycles. The van der Waals surface area contributed by atoms with Crippen LogP contribution in [0.25, 0.3) is 10.9 Å². The SMILES string of the molecule is Cn1cc(C(N)C2CC2)c2ccc(F)cc21. The fourth-order valence-electron chi connectivity index (χ4n) is 2.36. The van der Waals surface area contributed by atoms with Gasteiger partial charge in [-0.3, -0.25) is 0 Å². The van der Waals surface area contributed by atoms with E-state index in [1.165, 1.54) is 18.9 Å². The van der Waals surface area contributed by atoms with E-state index in [9.17, 15) is 4.39 Å². The van der Waals surface area contributed by atoms with Gasteiger partial charge in [0, 0.05) is 24.7 Å². The molecule has 2 nitrogen and oxygen atoms in total. The molecular formula is C13H15FN2. The summed E-state index contributed by atoms with van der Waals surface area (Å²) in [6.07, 6.45) is 4.48. The summed E-state index contributed by atoms with van der Waals surface area (Å²) in [5.74, 6) is 0.427. The molecule has 0 aliphatic heterocycles. The molecule has 1 aliphatic carbocycles. The van der Waals surface area contributed by atoms with Gasteiger partial charge in [0.05, 0.1) is 5.52 Å². The van der Waals surface area contributed by atoms with Gasteiger partial charge < -0.3 is 10.3 Å². The molecule has 3 rings (SSSR count). The Morgan fingerprint density at radius 2 is 2.19 bits per heavy atom. The van der Waals surface area contributed by atoms with Crippen molar-refractivity contribution in [3.05, 3.63) is 35.8 Å². The van der Waals surface area contributed by atoms with Crippen molar-refractivity contribution in [1.29, 1.82) is 0 Å².